The van der Waals surface area contributed by atoms with Crippen LogP contribution in [0.2, 0.25) is 0 Å². The second kappa shape index (κ2) is 7.18. The molecule has 2 amide bonds. The van der Waals surface area contributed by atoms with Gasteiger partial charge in [-0.05, 0) is 38.8 Å². The van der Waals surface area contributed by atoms with Crippen LogP contribution in [0.1, 0.15) is 45.1 Å². The first-order valence-corrected chi connectivity index (χ1v) is 8.61. The van der Waals surface area contributed by atoms with Crippen molar-refractivity contribution in [3.05, 3.63) is 40.8 Å². The minimum atomic E-state index is -1.10. The number of rotatable bonds is 4. The number of aryl methyl sites for hydroxylation is 3. The van der Waals surface area contributed by atoms with Crippen LogP contribution in [0.25, 0.3) is 0 Å². The number of carboxylic acids is 1. The largest absolute Gasteiger partial charge is 0.478 e. The maximum absolute atomic E-state index is 12.8. The van der Waals surface area contributed by atoms with Crippen molar-refractivity contribution >= 4 is 23.6 Å². The molecule has 0 aliphatic carbocycles. The number of carbonyl (C=O) groups excluding carboxylic acids is 2. The molecule has 1 unspecified atom stereocenters. The standard InChI is InChI=1S/C18H21N5O4/c1-10-9-15(22(3)21-10)23-8-4-5-14(17(23)25)20-16(24)13-7-6-12(18(26)27)11(2)19-13/h6-7,9,14H,4-5,8H2,1-3H3,(H,20,24)(H,26,27). The van der Waals surface area contributed by atoms with Crippen LogP contribution in [0.3, 0.4) is 0 Å². The summed E-state index contributed by atoms with van der Waals surface area (Å²) in [6, 6.07) is 3.86. The second-order valence-corrected chi connectivity index (χ2v) is 6.56. The van der Waals surface area contributed by atoms with Crippen molar-refractivity contribution in [3.8, 4) is 0 Å². The molecule has 0 aromatic carbocycles. The first-order valence-electron chi connectivity index (χ1n) is 8.61. The van der Waals surface area contributed by atoms with Crippen LogP contribution in [0.15, 0.2) is 18.2 Å². The van der Waals surface area contributed by atoms with Crippen LogP contribution < -0.4 is 10.2 Å². The van der Waals surface area contributed by atoms with Gasteiger partial charge in [-0.2, -0.15) is 5.10 Å². The summed E-state index contributed by atoms with van der Waals surface area (Å²) in [5.41, 5.74) is 1.18. The Labute approximate surface area is 156 Å². The maximum atomic E-state index is 12.8. The maximum Gasteiger partial charge on any atom is 0.337 e. The number of hydrogen-bond donors (Lipinski definition) is 2. The molecule has 3 heterocycles. The molecule has 0 saturated carbocycles. The van der Waals surface area contributed by atoms with E-state index in [1.807, 2.05) is 13.0 Å². The highest BCUT2D eigenvalue weighted by Gasteiger charge is 2.32. The number of carbonyl (C=O) groups is 3. The van der Waals surface area contributed by atoms with Gasteiger partial charge in [-0.15, -0.1) is 0 Å². The number of aromatic carboxylic acids is 1. The summed E-state index contributed by atoms with van der Waals surface area (Å²) in [7, 11) is 1.77. The Balaban J connectivity index is 1.76. The molecule has 0 spiro atoms. The fraction of sp³-hybridized carbons (Fsp3) is 0.389. The van der Waals surface area contributed by atoms with Gasteiger partial charge in [0, 0.05) is 19.7 Å². The number of pyridine rings is 1. The van der Waals surface area contributed by atoms with E-state index in [-0.39, 0.29) is 22.9 Å². The summed E-state index contributed by atoms with van der Waals surface area (Å²) in [6.07, 6.45) is 1.27. The second-order valence-electron chi connectivity index (χ2n) is 6.56. The zero-order valence-electron chi connectivity index (χ0n) is 15.4. The van der Waals surface area contributed by atoms with Crippen LogP contribution in [-0.4, -0.2) is 50.2 Å². The fourth-order valence-electron chi connectivity index (χ4n) is 3.23. The molecule has 9 nitrogen and oxygen atoms in total. The Hall–Kier alpha value is -3.23. The Morgan fingerprint density at radius 1 is 1.30 bits per heavy atom. The van der Waals surface area contributed by atoms with Gasteiger partial charge in [-0.25, -0.2) is 9.78 Å². The smallest absolute Gasteiger partial charge is 0.337 e. The molecular weight excluding hydrogens is 350 g/mol. The van der Waals surface area contributed by atoms with Crippen molar-refractivity contribution in [1.82, 2.24) is 20.1 Å². The molecule has 3 rings (SSSR count). The van der Waals surface area contributed by atoms with Gasteiger partial charge in [0.1, 0.15) is 17.6 Å². The first kappa shape index (κ1) is 18.6. The highest BCUT2D eigenvalue weighted by atomic mass is 16.4. The predicted octanol–water partition coefficient (Wildman–Crippen LogP) is 1.06. The third-order valence-electron chi connectivity index (χ3n) is 4.55. The van der Waals surface area contributed by atoms with Gasteiger partial charge < -0.3 is 10.4 Å². The van der Waals surface area contributed by atoms with E-state index < -0.39 is 17.9 Å². The normalized spacial score (nSPS) is 17.1. The van der Waals surface area contributed by atoms with Gasteiger partial charge in [0.15, 0.2) is 0 Å². The Kier molecular flexibility index (Phi) is 4.93. The number of amides is 2. The minimum Gasteiger partial charge on any atom is -0.478 e. The van der Waals surface area contributed by atoms with Crippen LogP contribution >= 0.6 is 0 Å². The number of anilines is 1. The van der Waals surface area contributed by atoms with Crippen molar-refractivity contribution in [2.24, 2.45) is 7.05 Å². The summed E-state index contributed by atoms with van der Waals surface area (Å²) in [4.78, 5) is 42.1. The lowest BCUT2D eigenvalue weighted by molar-refractivity contribution is -0.121. The molecule has 1 atom stereocenters. The lowest BCUT2D eigenvalue weighted by Crippen LogP contribution is -2.53. The van der Waals surface area contributed by atoms with E-state index in [9.17, 15) is 14.4 Å². The van der Waals surface area contributed by atoms with Gasteiger partial charge >= 0.3 is 5.97 Å². The van der Waals surface area contributed by atoms with E-state index >= 15 is 0 Å². The third-order valence-corrected chi connectivity index (χ3v) is 4.55. The quantitative estimate of drug-likeness (QED) is 0.830. The molecule has 1 saturated heterocycles. The van der Waals surface area contributed by atoms with E-state index in [4.69, 9.17) is 5.11 Å². The van der Waals surface area contributed by atoms with E-state index in [0.717, 1.165) is 12.1 Å². The minimum absolute atomic E-state index is 0.0399. The molecule has 2 aromatic heterocycles. The van der Waals surface area contributed by atoms with Gasteiger partial charge in [0.25, 0.3) is 11.8 Å². The third kappa shape index (κ3) is 3.67. The number of nitrogens with one attached hydrogen (secondary N) is 1. The van der Waals surface area contributed by atoms with Crippen molar-refractivity contribution < 1.29 is 19.5 Å². The molecule has 1 aliphatic heterocycles. The van der Waals surface area contributed by atoms with Crippen LogP contribution in [0, 0.1) is 13.8 Å². The van der Waals surface area contributed by atoms with Gasteiger partial charge in [0.05, 0.1) is 17.0 Å². The molecule has 27 heavy (non-hydrogen) atoms. The van der Waals surface area contributed by atoms with E-state index in [0.29, 0.717) is 18.8 Å². The molecule has 0 bridgehead atoms. The first-order chi connectivity index (χ1) is 12.8. The van der Waals surface area contributed by atoms with E-state index in [1.54, 1.807) is 16.6 Å². The van der Waals surface area contributed by atoms with Crippen molar-refractivity contribution in [2.75, 3.05) is 11.4 Å². The predicted molar refractivity (Wildman–Crippen MR) is 96.7 cm³/mol. The summed E-state index contributed by atoms with van der Waals surface area (Å²) < 4.78 is 1.65. The van der Waals surface area contributed by atoms with Crippen molar-refractivity contribution in [2.45, 2.75) is 32.7 Å². The van der Waals surface area contributed by atoms with Crippen molar-refractivity contribution in [1.29, 1.82) is 0 Å². The van der Waals surface area contributed by atoms with Gasteiger partial charge in [-0.3, -0.25) is 19.2 Å². The monoisotopic (exact) mass is 371 g/mol. The Morgan fingerprint density at radius 2 is 2.04 bits per heavy atom. The average Bonchev–Trinajstić information content (AvgIpc) is 2.94. The zero-order valence-corrected chi connectivity index (χ0v) is 15.4. The summed E-state index contributed by atoms with van der Waals surface area (Å²) >= 11 is 0. The summed E-state index contributed by atoms with van der Waals surface area (Å²) in [6.45, 7) is 3.94. The van der Waals surface area contributed by atoms with E-state index in [1.165, 1.54) is 19.1 Å². The number of carboxylic acid groups (broad SMARTS) is 1. The molecule has 0 radical (unpaired) electrons. The number of hydrogen-bond acceptors (Lipinski definition) is 5. The topological polar surface area (TPSA) is 117 Å². The lowest BCUT2D eigenvalue weighted by atomic mass is 10.0. The average molecular weight is 371 g/mol. The Morgan fingerprint density at radius 3 is 2.63 bits per heavy atom. The molecule has 1 aliphatic rings. The molecule has 9 heteroatoms. The highest BCUT2D eigenvalue weighted by molar-refractivity contribution is 6.02. The molecule has 2 N–H and O–H groups in total. The van der Waals surface area contributed by atoms with E-state index in [2.05, 4.69) is 15.4 Å². The van der Waals surface area contributed by atoms with Gasteiger partial charge in [-0.1, -0.05) is 0 Å². The SMILES string of the molecule is Cc1cc(N2CCCC(NC(=O)c3ccc(C(=O)O)c(C)n3)C2=O)n(C)n1. The van der Waals surface area contributed by atoms with Gasteiger partial charge in [0.2, 0.25) is 0 Å². The summed E-state index contributed by atoms with van der Waals surface area (Å²) in [5.74, 6) is -1.11. The number of aromatic nitrogens is 3. The zero-order chi connectivity index (χ0) is 19.7. The van der Waals surface area contributed by atoms with Crippen LogP contribution in [0.4, 0.5) is 5.82 Å². The number of piperidine rings is 1. The van der Waals surface area contributed by atoms with Crippen LogP contribution in [-0.2, 0) is 11.8 Å². The molecular formula is C18H21N5O4. The molecule has 1 fully saturated rings. The van der Waals surface area contributed by atoms with Crippen LogP contribution in [0.5, 0.6) is 0 Å². The fourth-order valence-corrected chi connectivity index (χ4v) is 3.23. The summed E-state index contributed by atoms with van der Waals surface area (Å²) in [5, 5.41) is 16.0. The highest BCUT2D eigenvalue weighted by Crippen LogP contribution is 2.21. The molecule has 142 valence electrons. The number of nitrogens with zero attached hydrogens (tertiary/aromatic N) is 4. The molecule has 2 aromatic rings. The Bertz CT molecular complexity index is 920. The van der Waals surface area contributed by atoms with Crippen molar-refractivity contribution in [3.63, 3.8) is 0 Å². The lowest BCUT2D eigenvalue weighted by Gasteiger charge is -2.32.